The Balaban J connectivity index is 1.87. The summed E-state index contributed by atoms with van der Waals surface area (Å²) in [6, 6.07) is 9.57. The van der Waals surface area contributed by atoms with E-state index in [-0.39, 0.29) is 0 Å². The van der Waals surface area contributed by atoms with Gasteiger partial charge in [0.15, 0.2) is 0 Å². The van der Waals surface area contributed by atoms with Crippen molar-refractivity contribution >= 4 is 5.97 Å². The molecule has 1 heterocycles. The average molecular weight is 290 g/mol. The summed E-state index contributed by atoms with van der Waals surface area (Å²) in [6.07, 6.45) is 2.32. The standard InChI is InChI=1S/C17H26N2O2/c1-2-18-12-14-8-10-19(11-9-14)13-16(17(20)21)15-6-4-3-5-7-15/h3-7,14,16,18H,2,8-13H2,1H3,(H,20,21). The van der Waals surface area contributed by atoms with Crippen LogP contribution >= 0.6 is 0 Å². The van der Waals surface area contributed by atoms with Crippen molar-refractivity contribution in [3.05, 3.63) is 35.9 Å². The lowest BCUT2D eigenvalue weighted by molar-refractivity contribution is -0.139. The third kappa shape index (κ3) is 4.83. The van der Waals surface area contributed by atoms with Crippen molar-refractivity contribution in [1.82, 2.24) is 10.2 Å². The summed E-state index contributed by atoms with van der Waals surface area (Å²) in [7, 11) is 0. The Morgan fingerprint density at radius 1 is 1.33 bits per heavy atom. The summed E-state index contributed by atoms with van der Waals surface area (Å²) < 4.78 is 0. The predicted molar refractivity (Wildman–Crippen MR) is 84.5 cm³/mol. The number of hydrogen-bond acceptors (Lipinski definition) is 3. The van der Waals surface area contributed by atoms with Crippen molar-refractivity contribution in [3.8, 4) is 0 Å². The van der Waals surface area contributed by atoms with E-state index in [0.717, 1.165) is 50.5 Å². The van der Waals surface area contributed by atoms with Gasteiger partial charge in [0.2, 0.25) is 0 Å². The molecule has 4 heteroatoms. The molecule has 116 valence electrons. The predicted octanol–water partition coefficient (Wildman–Crippen LogP) is 2.18. The Kier molecular flexibility index (Phi) is 6.21. The zero-order chi connectivity index (χ0) is 15.1. The van der Waals surface area contributed by atoms with E-state index < -0.39 is 11.9 Å². The van der Waals surface area contributed by atoms with Gasteiger partial charge in [0, 0.05) is 6.54 Å². The highest BCUT2D eigenvalue weighted by Gasteiger charge is 2.26. The van der Waals surface area contributed by atoms with Gasteiger partial charge < -0.3 is 15.3 Å². The quantitative estimate of drug-likeness (QED) is 0.808. The van der Waals surface area contributed by atoms with Crippen LogP contribution in [0.15, 0.2) is 30.3 Å². The topological polar surface area (TPSA) is 52.6 Å². The molecule has 1 unspecified atom stereocenters. The van der Waals surface area contributed by atoms with Gasteiger partial charge in [0.1, 0.15) is 0 Å². The zero-order valence-electron chi connectivity index (χ0n) is 12.8. The highest BCUT2D eigenvalue weighted by molar-refractivity contribution is 5.76. The van der Waals surface area contributed by atoms with E-state index >= 15 is 0 Å². The molecule has 2 rings (SSSR count). The van der Waals surface area contributed by atoms with E-state index in [1.54, 1.807) is 0 Å². The normalized spacial score (nSPS) is 18.5. The van der Waals surface area contributed by atoms with E-state index in [2.05, 4.69) is 17.1 Å². The maximum Gasteiger partial charge on any atom is 0.312 e. The number of likely N-dealkylation sites (tertiary alicyclic amines) is 1. The summed E-state index contributed by atoms with van der Waals surface area (Å²) in [5.74, 6) is -0.409. The van der Waals surface area contributed by atoms with E-state index in [0.29, 0.717) is 6.54 Å². The van der Waals surface area contributed by atoms with Crippen molar-refractivity contribution in [2.24, 2.45) is 5.92 Å². The van der Waals surface area contributed by atoms with Crippen molar-refractivity contribution in [3.63, 3.8) is 0 Å². The fraction of sp³-hybridized carbons (Fsp3) is 0.588. The largest absolute Gasteiger partial charge is 0.481 e. The average Bonchev–Trinajstić information content (AvgIpc) is 2.52. The Morgan fingerprint density at radius 3 is 2.57 bits per heavy atom. The number of piperidine rings is 1. The summed E-state index contributed by atoms with van der Waals surface area (Å²) in [5.41, 5.74) is 0.903. The summed E-state index contributed by atoms with van der Waals surface area (Å²) >= 11 is 0. The second-order valence-corrected chi connectivity index (χ2v) is 5.85. The van der Waals surface area contributed by atoms with Gasteiger partial charge in [-0.25, -0.2) is 0 Å². The van der Waals surface area contributed by atoms with Crippen LogP contribution in [-0.4, -0.2) is 48.7 Å². The first-order chi connectivity index (χ1) is 10.2. The molecule has 0 aliphatic carbocycles. The summed E-state index contributed by atoms with van der Waals surface area (Å²) in [6.45, 7) is 6.87. The number of rotatable bonds is 7. The maximum absolute atomic E-state index is 11.5. The summed E-state index contributed by atoms with van der Waals surface area (Å²) in [5, 5.41) is 12.9. The molecule has 21 heavy (non-hydrogen) atoms. The number of benzene rings is 1. The zero-order valence-corrected chi connectivity index (χ0v) is 12.8. The van der Waals surface area contributed by atoms with Crippen LogP contribution in [-0.2, 0) is 4.79 Å². The van der Waals surface area contributed by atoms with Crippen LogP contribution in [0.5, 0.6) is 0 Å². The van der Waals surface area contributed by atoms with Crippen LogP contribution in [0.1, 0.15) is 31.2 Å². The Hall–Kier alpha value is -1.39. The van der Waals surface area contributed by atoms with E-state index in [9.17, 15) is 9.90 Å². The van der Waals surface area contributed by atoms with Crippen molar-refractivity contribution in [1.29, 1.82) is 0 Å². The molecule has 1 aliphatic heterocycles. The molecule has 1 aromatic carbocycles. The Morgan fingerprint density at radius 2 is 2.00 bits per heavy atom. The molecule has 1 fully saturated rings. The van der Waals surface area contributed by atoms with Gasteiger partial charge in [-0.1, -0.05) is 37.3 Å². The van der Waals surface area contributed by atoms with Crippen molar-refractivity contribution < 1.29 is 9.90 Å². The monoisotopic (exact) mass is 290 g/mol. The molecule has 0 aromatic heterocycles. The lowest BCUT2D eigenvalue weighted by Gasteiger charge is -2.33. The first-order valence-corrected chi connectivity index (χ1v) is 7.91. The molecule has 0 spiro atoms. The van der Waals surface area contributed by atoms with Gasteiger partial charge >= 0.3 is 5.97 Å². The van der Waals surface area contributed by atoms with E-state index in [4.69, 9.17) is 0 Å². The number of carboxylic acid groups (broad SMARTS) is 1. The van der Waals surface area contributed by atoms with Crippen LogP contribution in [0.4, 0.5) is 0 Å². The Labute approximate surface area is 127 Å². The van der Waals surface area contributed by atoms with Crippen molar-refractivity contribution in [2.75, 3.05) is 32.7 Å². The minimum Gasteiger partial charge on any atom is -0.481 e. The number of nitrogens with zero attached hydrogens (tertiary/aromatic N) is 1. The lowest BCUT2D eigenvalue weighted by atomic mass is 9.94. The van der Waals surface area contributed by atoms with E-state index in [1.807, 2.05) is 30.3 Å². The molecule has 2 N–H and O–H groups in total. The number of carboxylic acids is 1. The fourth-order valence-corrected chi connectivity index (χ4v) is 2.99. The minimum atomic E-state index is -0.726. The summed E-state index contributed by atoms with van der Waals surface area (Å²) in [4.78, 5) is 13.8. The van der Waals surface area contributed by atoms with Crippen LogP contribution in [0.25, 0.3) is 0 Å². The smallest absolute Gasteiger partial charge is 0.312 e. The highest BCUT2D eigenvalue weighted by Crippen LogP contribution is 2.22. The molecule has 1 saturated heterocycles. The SMILES string of the molecule is CCNCC1CCN(CC(C(=O)O)c2ccccc2)CC1. The van der Waals surface area contributed by atoms with Gasteiger partial charge in [0.25, 0.3) is 0 Å². The number of hydrogen-bond donors (Lipinski definition) is 2. The van der Waals surface area contributed by atoms with Gasteiger partial charge in [0.05, 0.1) is 5.92 Å². The number of carbonyl (C=O) groups is 1. The van der Waals surface area contributed by atoms with Gasteiger partial charge in [-0.15, -0.1) is 0 Å². The molecule has 1 atom stereocenters. The molecule has 0 bridgehead atoms. The van der Waals surface area contributed by atoms with Gasteiger partial charge in [-0.2, -0.15) is 0 Å². The second kappa shape index (κ2) is 8.15. The molecular formula is C17H26N2O2. The third-order valence-electron chi connectivity index (χ3n) is 4.33. The van der Waals surface area contributed by atoms with Crippen LogP contribution < -0.4 is 5.32 Å². The first-order valence-electron chi connectivity index (χ1n) is 7.91. The molecule has 0 radical (unpaired) electrons. The molecule has 1 aliphatic rings. The van der Waals surface area contributed by atoms with Crippen LogP contribution in [0.2, 0.25) is 0 Å². The van der Waals surface area contributed by atoms with Gasteiger partial charge in [-0.3, -0.25) is 4.79 Å². The first kappa shape index (κ1) is 16.0. The maximum atomic E-state index is 11.5. The molecule has 1 aromatic rings. The van der Waals surface area contributed by atoms with Crippen LogP contribution in [0, 0.1) is 5.92 Å². The number of nitrogens with one attached hydrogen (secondary N) is 1. The van der Waals surface area contributed by atoms with E-state index in [1.165, 1.54) is 0 Å². The molecular weight excluding hydrogens is 264 g/mol. The fourth-order valence-electron chi connectivity index (χ4n) is 2.99. The highest BCUT2D eigenvalue weighted by atomic mass is 16.4. The third-order valence-corrected chi connectivity index (χ3v) is 4.33. The van der Waals surface area contributed by atoms with Crippen molar-refractivity contribution in [2.45, 2.75) is 25.7 Å². The molecule has 4 nitrogen and oxygen atoms in total. The Bertz CT molecular complexity index is 428. The van der Waals surface area contributed by atoms with Crippen LogP contribution in [0.3, 0.4) is 0 Å². The molecule has 0 amide bonds. The molecule has 0 saturated carbocycles. The lowest BCUT2D eigenvalue weighted by Crippen LogP contribution is -2.40. The minimum absolute atomic E-state index is 0.420. The second-order valence-electron chi connectivity index (χ2n) is 5.85. The number of aliphatic carboxylic acids is 1. The van der Waals surface area contributed by atoms with Gasteiger partial charge in [-0.05, 0) is 50.5 Å².